The van der Waals surface area contributed by atoms with Crippen molar-refractivity contribution in [3.8, 4) is 11.3 Å². The number of hydrogen-bond donors (Lipinski definition) is 0. The highest BCUT2D eigenvalue weighted by molar-refractivity contribution is 8.01. The molecule has 0 N–H and O–H groups in total. The largest absolute Gasteiger partial charge is 0.224 e. The first-order chi connectivity index (χ1) is 8.11. The van der Waals surface area contributed by atoms with Crippen LogP contribution in [0.25, 0.3) is 11.3 Å². The maximum absolute atomic E-state index is 6.00. The summed E-state index contributed by atoms with van der Waals surface area (Å²) < 4.78 is 1.65. The summed E-state index contributed by atoms with van der Waals surface area (Å²) in [7, 11) is 0. The van der Waals surface area contributed by atoms with Gasteiger partial charge in [-0.1, -0.05) is 59.1 Å². The van der Waals surface area contributed by atoms with E-state index in [-0.39, 0.29) is 0 Å². The molecule has 17 heavy (non-hydrogen) atoms. The summed E-state index contributed by atoms with van der Waals surface area (Å²) in [6, 6.07) is 5.49. The Balaban J connectivity index is 2.47. The Kier molecular flexibility index (Phi) is 4.61. The van der Waals surface area contributed by atoms with Crippen LogP contribution in [0, 0.1) is 0 Å². The summed E-state index contributed by atoms with van der Waals surface area (Å²) in [5, 5.41) is 1.07. The predicted octanol–water partition coefficient (Wildman–Crippen LogP) is 5.88. The third-order valence-electron chi connectivity index (χ3n) is 2.04. The predicted molar refractivity (Wildman–Crippen MR) is 79.0 cm³/mol. The van der Waals surface area contributed by atoms with Crippen molar-refractivity contribution >= 4 is 57.9 Å². The number of thiazole rings is 1. The highest BCUT2D eigenvalue weighted by Gasteiger charge is 2.13. The van der Waals surface area contributed by atoms with Gasteiger partial charge < -0.3 is 0 Å². The summed E-state index contributed by atoms with van der Waals surface area (Å²) >= 11 is 21.1. The van der Waals surface area contributed by atoms with Crippen LogP contribution in [0.2, 0.25) is 14.5 Å². The summed E-state index contributed by atoms with van der Waals surface area (Å²) in [6.45, 7) is 2.09. The third-order valence-corrected chi connectivity index (χ3v) is 5.08. The summed E-state index contributed by atoms with van der Waals surface area (Å²) in [5.74, 6) is 0.979. The van der Waals surface area contributed by atoms with Crippen molar-refractivity contribution in [1.29, 1.82) is 0 Å². The quantitative estimate of drug-likeness (QED) is 0.654. The number of hydrogen-bond acceptors (Lipinski definition) is 3. The lowest BCUT2D eigenvalue weighted by atomic mass is 10.2. The zero-order valence-electron chi connectivity index (χ0n) is 8.84. The second-order valence-corrected chi connectivity index (χ2v) is 7.09. The van der Waals surface area contributed by atoms with Crippen LogP contribution >= 0.6 is 57.9 Å². The Labute approximate surface area is 123 Å². The zero-order valence-corrected chi connectivity index (χ0v) is 12.7. The van der Waals surface area contributed by atoms with Gasteiger partial charge in [-0.15, -0.1) is 11.8 Å². The van der Waals surface area contributed by atoms with Crippen LogP contribution in [0.3, 0.4) is 0 Å². The van der Waals surface area contributed by atoms with E-state index in [0.29, 0.717) is 14.5 Å². The van der Waals surface area contributed by atoms with E-state index in [1.54, 1.807) is 17.8 Å². The minimum absolute atomic E-state index is 0.528. The number of halogens is 3. The van der Waals surface area contributed by atoms with Crippen LogP contribution < -0.4 is 0 Å². The first kappa shape index (κ1) is 13.5. The van der Waals surface area contributed by atoms with Crippen LogP contribution in [-0.4, -0.2) is 10.7 Å². The van der Waals surface area contributed by atoms with Gasteiger partial charge in [0.1, 0.15) is 0 Å². The van der Waals surface area contributed by atoms with E-state index in [1.807, 2.05) is 12.1 Å². The molecule has 1 aromatic carbocycles. The average molecular weight is 325 g/mol. The number of aromatic nitrogens is 1. The Morgan fingerprint density at radius 3 is 2.65 bits per heavy atom. The molecule has 0 aliphatic heterocycles. The molecule has 0 radical (unpaired) electrons. The Morgan fingerprint density at radius 2 is 2.00 bits per heavy atom. The van der Waals surface area contributed by atoms with Gasteiger partial charge in [-0.3, -0.25) is 0 Å². The van der Waals surface area contributed by atoms with Crippen molar-refractivity contribution in [3.05, 3.63) is 32.7 Å². The molecule has 0 aliphatic rings. The van der Waals surface area contributed by atoms with E-state index in [4.69, 9.17) is 34.8 Å². The minimum atomic E-state index is 0.528. The molecular formula is C11H8Cl3NS2. The first-order valence-electron chi connectivity index (χ1n) is 4.86. The Morgan fingerprint density at radius 1 is 1.24 bits per heavy atom. The SMILES string of the molecule is CCSc1sc(Cl)nc1-c1ccc(Cl)c(Cl)c1. The van der Waals surface area contributed by atoms with Gasteiger partial charge in [-0.05, 0) is 17.9 Å². The maximum Gasteiger partial charge on any atom is 0.185 e. The van der Waals surface area contributed by atoms with Gasteiger partial charge in [0.2, 0.25) is 0 Å². The molecule has 2 aromatic rings. The van der Waals surface area contributed by atoms with Gasteiger partial charge in [0.05, 0.1) is 19.9 Å². The van der Waals surface area contributed by atoms with Crippen molar-refractivity contribution in [2.24, 2.45) is 0 Å². The average Bonchev–Trinajstić information content (AvgIpc) is 2.64. The van der Waals surface area contributed by atoms with E-state index in [9.17, 15) is 0 Å². The van der Waals surface area contributed by atoms with Crippen LogP contribution in [0.15, 0.2) is 22.4 Å². The first-order valence-corrected chi connectivity index (χ1v) is 7.80. The van der Waals surface area contributed by atoms with E-state index < -0.39 is 0 Å². The molecule has 0 unspecified atom stereocenters. The molecule has 0 spiro atoms. The molecule has 2 rings (SSSR count). The van der Waals surface area contributed by atoms with E-state index in [2.05, 4.69) is 11.9 Å². The molecule has 0 bridgehead atoms. The monoisotopic (exact) mass is 323 g/mol. The van der Waals surface area contributed by atoms with Crippen molar-refractivity contribution in [2.75, 3.05) is 5.75 Å². The fourth-order valence-electron chi connectivity index (χ4n) is 1.34. The minimum Gasteiger partial charge on any atom is -0.224 e. The van der Waals surface area contributed by atoms with Gasteiger partial charge in [-0.25, -0.2) is 4.98 Å². The second-order valence-electron chi connectivity index (χ2n) is 3.16. The molecule has 0 aliphatic carbocycles. The Hall–Kier alpha value is 0.0700. The lowest BCUT2D eigenvalue weighted by molar-refractivity contribution is 1.36. The van der Waals surface area contributed by atoms with Crippen LogP contribution in [0.4, 0.5) is 0 Å². The number of nitrogens with zero attached hydrogens (tertiary/aromatic N) is 1. The lowest BCUT2D eigenvalue weighted by Gasteiger charge is -2.02. The summed E-state index contributed by atoms with van der Waals surface area (Å²) in [6.07, 6.45) is 0. The van der Waals surface area contributed by atoms with Crippen LogP contribution in [0.5, 0.6) is 0 Å². The second kappa shape index (κ2) is 5.81. The number of benzene rings is 1. The number of thioether (sulfide) groups is 1. The summed E-state index contributed by atoms with van der Waals surface area (Å²) in [4.78, 5) is 4.33. The van der Waals surface area contributed by atoms with E-state index in [1.165, 1.54) is 11.3 Å². The van der Waals surface area contributed by atoms with Crippen molar-refractivity contribution in [3.63, 3.8) is 0 Å². The highest BCUT2D eigenvalue weighted by Crippen LogP contribution is 2.39. The molecular weight excluding hydrogens is 317 g/mol. The number of rotatable bonds is 3. The molecule has 1 heterocycles. The topological polar surface area (TPSA) is 12.9 Å². The van der Waals surface area contributed by atoms with Gasteiger partial charge in [0.25, 0.3) is 0 Å². The fourth-order valence-corrected chi connectivity index (χ4v) is 4.03. The third kappa shape index (κ3) is 3.09. The molecule has 1 nitrogen and oxygen atoms in total. The van der Waals surface area contributed by atoms with Gasteiger partial charge in [0, 0.05) is 5.56 Å². The van der Waals surface area contributed by atoms with Crippen LogP contribution in [-0.2, 0) is 0 Å². The molecule has 90 valence electrons. The Bertz CT molecular complexity index is 540. The normalized spacial score (nSPS) is 10.8. The summed E-state index contributed by atoms with van der Waals surface area (Å²) in [5.41, 5.74) is 1.82. The smallest absolute Gasteiger partial charge is 0.185 e. The molecule has 0 fully saturated rings. The van der Waals surface area contributed by atoms with Gasteiger partial charge in [0.15, 0.2) is 4.47 Å². The van der Waals surface area contributed by atoms with Crippen molar-refractivity contribution < 1.29 is 0 Å². The van der Waals surface area contributed by atoms with Gasteiger partial charge >= 0.3 is 0 Å². The molecule has 6 heteroatoms. The highest BCUT2D eigenvalue weighted by atomic mass is 35.5. The standard InChI is InChI=1S/C11H8Cl3NS2/c1-2-16-10-9(15-11(14)17-10)6-3-4-7(12)8(13)5-6/h3-5H,2H2,1H3. The van der Waals surface area contributed by atoms with E-state index in [0.717, 1.165) is 21.2 Å². The van der Waals surface area contributed by atoms with Crippen molar-refractivity contribution in [2.45, 2.75) is 11.1 Å². The molecule has 0 amide bonds. The molecule has 1 aromatic heterocycles. The molecule has 0 atom stereocenters. The van der Waals surface area contributed by atoms with E-state index >= 15 is 0 Å². The fraction of sp³-hybridized carbons (Fsp3) is 0.182. The zero-order chi connectivity index (χ0) is 12.4. The lowest BCUT2D eigenvalue weighted by Crippen LogP contribution is -1.81. The van der Waals surface area contributed by atoms with Crippen LogP contribution in [0.1, 0.15) is 6.92 Å². The molecule has 0 saturated heterocycles. The maximum atomic E-state index is 6.00. The van der Waals surface area contributed by atoms with Gasteiger partial charge in [-0.2, -0.15) is 0 Å². The molecule has 0 saturated carbocycles. The van der Waals surface area contributed by atoms with Crippen molar-refractivity contribution in [1.82, 2.24) is 4.98 Å².